The summed E-state index contributed by atoms with van der Waals surface area (Å²) in [5.41, 5.74) is 0.803. The average Bonchev–Trinajstić information content (AvgIpc) is 3.54. The van der Waals surface area contributed by atoms with E-state index in [0.717, 1.165) is 5.56 Å². The van der Waals surface area contributed by atoms with Crippen LogP contribution in [0, 0.1) is 24.7 Å². The van der Waals surface area contributed by atoms with Gasteiger partial charge in [-0.25, -0.2) is 0 Å². The Morgan fingerprint density at radius 2 is 1.97 bits per heavy atom. The molecule has 1 aromatic heterocycles. The third-order valence-electron chi connectivity index (χ3n) is 7.57. The first-order chi connectivity index (χ1) is 15.4. The van der Waals surface area contributed by atoms with Crippen LogP contribution in [0.1, 0.15) is 30.7 Å². The molecule has 0 radical (unpaired) electrons. The minimum absolute atomic E-state index is 0.0727. The highest BCUT2D eigenvalue weighted by molar-refractivity contribution is 6.00. The van der Waals surface area contributed by atoms with Crippen LogP contribution in [-0.4, -0.2) is 40.2 Å². The molecular weight excluding hydrogens is 408 g/mol. The van der Waals surface area contributed by atoms with Gasteiger partial charge in [-0.15, -0.1) is 0 Å². The van der Waals surface area contributed by atoms with Crippen molar-refractivity contribution in [3.63, 3.8) is 0 Å². The fourth-order valence-corrected chi connectivity index (χ4v) is 6.13. The normalized spacial score (nSPS) is 37.0. The lowest BCUT2D eigenvalue weighted by atomic mass is 9.70. The molecule has 7 nitrogen and oxygen atoms in total. The Bertz CT molecular complexity index is 1140. The molecule has 32 heavy (non-hydrogen) atoms. The van der Waals surface area contributed by atoms with Gasteiger partial charge in [-0.3, -0.25) is 14.4 Å². The summed E-state index contributed by atoms with van der Waals surface area (Å²) in [6.45, 7) is 3.84. The standard InChI is InChI=1S/C25H24N2O5/c1-13-5-7-15(8-6-13)26-23(29)20-19-9-10-25(32-19)21(20)24(30)27-16(18-4-3-11-31-18)12-17(28)14(2)22(25)27/h3-11,14,16,19-22H,12H2,1-2H3,(H,26,29)/t14?,16?,19?,20-,21+,22?,25+/m1/s1. The van der Waals surface area contributed by atoms with Crippen molar-refractivity contribution in [1.82, 2.24) is 4.90 Å². The largest absolute Gasteiger partial charge is 0.467 e. The zero-order valence-electron chi connectivity index (χ0n) is 17.9. The van der Waals surface area contributed by atoms with E-state index in [-0.39, 0.29) is 24.0 Å². The van der Waals surface area contributed by atoms with Gasteiger partial charge in [0.2, 0.25) is 11.8 Å². The second-order valence-electron chi connectivity index (χ2n) is 9.33. The van der Waals surface area contributed by atoms with Gasteiger partial charge in [0.25, 0.3) is 0 Å². The molecule has 0 aliphatic carbocycles. The molecule has 4 unspecified atom stereocenters. The molecule has 5 heterocycles. The molecule has 1 N–H and O–H groups in total. The zero-order valence-corrected chi connectivity index (χ0v) is 17.9. The predicted octanol–water partition coefficient (Wildman–Crippen LogP) is 3.03. The molecule has 0 saturated carbocycles. The molecule has 7 atom stereocenters. The van der Waals surface area contributed by atoms with Crippen molar-refractivity contribution in [1.29, 1.82) is 0 Å². The minimum atomic E-state index is -0.975. The van der Waals surface area contributed by atoms with Crippen LogP contribution in [0.15, 0.2) is 59.2 Å². The molecule has 1 aromatic carbocycles. The number of benzene rings is 1. The van der Waals surface area contributed by atoms with E-state index in [2.05, 4.69) is 5.32 Å². The highest BCUT2D eigenvalue weighted by Crippen LogP contribution is 2.59. The lowest BCUT2D eigenvalue weighted by Crippen LogP contribution is -2.55. The van der Waals surface area contributed by atoms with E-state index in [4.69, 9.17) is 9.15 Å². The van der Waals surface area contributed by atoms with Gasteiger partial charge in [-0.2, -0.15) is 0 Å². The quantitative estimate of drug-likeness (QED) is 0.754. The lowest BCUT2D eigenvalue weighted by molar-refractivity contribution is -0.147. The number of ether oxygens (including phenoxy) is 1. The molecule has 2 bridgehead atoms. The van der Waals surface area contributed by atoms with Crippen molar-refractivity contribution in [2.45, 2.75) is 44.1 Å². The maximum Gasteiger partial charge on any atom is 0.231 e. The number of Topliss-reactive ketones (excluding diaryl/α,β-unsaturated/α-hetero) is 1. The first-order valence-electron chi connectivity index (χ1n) is 11.0. The molecule has 2 amide bonds. The highest BCUT2D eigenvalue weighted by atomic mass is 16.5. The summed E-state index contributed by atoms with van der Waals surface area (Å²) >= 11 is 0. The topological polar surface area (TPSA) is 88.8 Å². The summed E-state index contributed by atoms with van der Waals surface area (Å²) in [6.07, 6.45) is 5.05. The van der Waals surface area contributed by atoms with E-state index in [1.165, 1.54) is 0 Å². The number of fused-ring (bicyclic) bond motifs is 2. The molecular formula is C25H24N2O5. The molecule has 4 aliphatic heterocycles. The molecule has 7 heteroatoms. The molecule has 3 saturated heterocycles. The Morgan fingerprint density at radius 3 is 2.69 bits per heavy atom. The smallest absolute Gasteiger partial charge is 0.231 e. The van der Waals surface area contributed by atoms with E-state index in [9.17, 15) is 14.4 Å². The van der Waals surface area contributed by atoms with Crippen LogP contribution in [0.25, 0.3) is 0 Å². The number of ketones is 1. The van der Waals surface area contributed by atoms with Gasteiger partial charge < -0.3 is 19.4 Å². The molecule has 2 aromatic rings. The van der Waals surface area contributed by atoms with E-state index in [0.29, 0.717) is 11.4 Å². The number of anilines is 1. The minimum Gasteiger partial charge on any atom is -0.467 e. The van der Waals surface area contributed by atoms with Crippen molar-refractivity contribution in [2.24, 2.45) is 17.8 Å². The fourth-order valence-electron chi connectivity index (χ4n) is 6.13. The van der Waals surface area contributed by atoms with Crippen molar-refractivity contribution in [2.75, 3.05) is 5.32 Å². The summed E-state index contributed by atoms with van der Waals surface area (Å²) in [4.78, 5) is 41.9. The van der Waals surface area contributed by atoms with Gasteiger partial charge in [-0.1, -0.05) is 36.8 Å². The molecule has 3 fully saturated rings. The Labute approximate surface area is 185 Å². The molecule has 164 valence electrons. The summed E-state index contributed by atoms with van der Waals surface area (Å²) in [5.74, 6) is -1.44. The summed E-state index contributed by atoms with van der Waals surface area (Å²) < 4.78 is 12.0. The number of piperidine rings is 1. The van der Waals surface area contributed by atoms with Crippen LogP contribution in [-0.2, 0) is 19.1 Å². The van der Waals surface area contributed by atoms with Crippen LogP contribution in [0.3, 0.4) is 0 Å². The van der Waals surface area contributed by atoms with E-state index >= 15 is 0 Å². The van der Waals surface area contributed by atoms with E-state index < -0.39 is 41.5 Å². The number of nitrogens with zero attached hydrogens (tertiary/aromatic N) is 1. The second-order valence-corrected chi connectivity index (χ2v) is 9.33. The van der Waals surface area contributed by atoms with Crippen molar-refractivity contribution in [3.05, 3.63) is 66.1 Å². The van der Waals surface area contributed by atoms with Gasteiger partial charge in [0, 0.05) is 18.0 Å². The first kappa shape index (κ1) is 19.5. The van der Waals surface area contributed by atoms with E-state index in [1.807, 2.05) is 50.3 Å². The number of rotatable bonds is 3. The summed E-state index contributed by atoms with van der Waals surface area (Å²) in [5, 5.41) is 2.96. The van der Waals surface area contributed by atoms with Gasteiger partial charge in [0.05, 0.1) is 36.3 Å². The number of amides is 2. The molecule has 1 spiro atoms. The third-order valence-corrected chi connectivity index (χ3v) is 7.57. The van der Waals surface area contributed by atoms with Crippen molar-refractivity contribution in [3.8, 4) is 0 Å². The number of nitrogens with one attached hydrogen (secondary N) is 1. The average molecular weight is 432 g/mol. The predicted molar refractivity (Wildman–Crippen MR) is 114 cm³/mol. The van der Waals surface area contributed by atoms with Crippen molar-refractivity contribution >= 4 is 23.3 Å². The number of hydrogen-bond acceptors (Lipinski definition) is 5. The monoisotopic (exact) mass is 432 g/mol. The van der Waals surface area contributed by atoms with Gasteiger partial charge >= 0.3 is 0 Å². The fraction of sp³-hybridized carbons (Fsp3) is 0.400. The SMILES string of the molecule is Cc1ccc(NC(=O)[C@@H]2C3C=C[C@@]4(O3)C3C(C)C(=O)CC(c5ccco5)N3C(=O)[C@H]24)cc1. The van der Waals surface area contributed by atoms with Gasteiger partial charge in [0.1, 0.15) is 17.1 Å². The van der Waals surface area contributed by atoms with Gasteiger partial charge in [0.15, 0.2) is 0 Å². The molecule has 4 aliphatic rings. The van der Waals surface area contributed by atoms with Crippen LogP contribution in [0.4, 0.5) is 5.69 Å². The molecule has 6 rings (SSSR count). The number of aryl methyl sites for hydroxylation is 1. The first-order valence-corrected chi connectivity index (χ1v) is 11.0. The Kier molecular flexibility index (Phi) is 4.05. The van der Waals surface area contributed by atoms with Crippen LogP contribution in [0.5, 0.6) is 0 Å². The summed E-state index contributed by atoms with van der Waals surface area (Å²) in [7, 11) is 0. The lowest BCUT2D eigenvalue weighted by Gasteiger charge is -2.43. The Balaban J connectivity index is 1.38. The zero-order chi connectivity index (χ0) is 22.2. The third kappa shape index (κ3) is 2.48. The summed E-state index contributed by atoms with van der Waals surface area (Å²) in [6, 6.07) is 10.2. The van der Waals surface area contributed by atoms with Crippen LogP contribution < -0.4 is 5.32 Å². The number of carbonyl (C=O) groups excluding carboxylic acids is 3. The second kappa shape index (κ2) is 6.65. The number of furan rings is 1. The highest BCUT2D eigenvalue weighted by Gasteiger charge is 2.74. The van der Waals surface area contributed by atoms with Crippen molar-refractivity contribution < 1.29 is 23.5 Å². The van der Waals surface area contributed by atoms with Crippen LogP contribution in [0.2, 0.25) is 0 Å². The maximum absolute atomic E-state index is 13.9. The van der Waals surface area contributed by atoms with E-state index in [1.54, 1.807) is 23.3 Å². The van der Waals surface area contributed by atoms with Gasteiger partial charge in [-0.05, 0) is 31.2 Å². The Morgan fingerprint density at radius 1 is 1.19 bits per heavy atom. The number of carbonyl (C=O) groups is 3. The van der Waals surface area contributed by atoms with Crippen LogP contribution >= 0.6 is 0 Å². The Hall–Kier alpha value is -3.19. The maximum atomic E-state index is 13.9. The number of hydrogen-bond donors (Lipinski definition) is 1.